The first-order chi connectivity index (χ1) is 18.4. The number of benzene rings is 2. The third-order valence-electron chi connectivity index (χ3n) is 7.29. The molecule has 5 rings (SSSR count). The number of ether oxygens (including phenoxy) is 1. The van der Waals surface area contributed by atoms with E-state index in [2.05, 4.69) is 31.9 Å². The highest BCUT2D eigenvalue weighted by atomic mass is 79.9. The maximum atomic E-state index is 13.4. The average Bonchev–Trinajstić information content (AvgIpc) is 2.86. The molecular weight excluding hydrogens is 649 g/mol. The van der Waals surface area contributed by atoms with E-state index in [-0.39, 0.29) is 17.3 Å². The molecule has 0 atom stereocenters. The zero-order chi connectivity index (χ0) is 28.2. The van der Waals surface area contributed by atoms with Crippen molar-refractivity contribution in [2.45, 2.75) is 50.6 Å². The Labute approximate surface area is 238 Å². The lowest BCUT2D eigenvalue weighted by atomic mass is 9.71. The molecule has 0 bridgehead atoms. The van der Waals surface area contributed by atoms with Crippen LogP contribution in [0.5, 0.6) is 11.5 Å². The fourth-order valence-corrected chi connectivity index (χ4v) is 6.94. The van der Waals surface area contributed by atoms with Gasteiger partial charge in [0.15, 0.2) is 11.6 Å². The summed E-state index contributed by atoms with van der Waals surface area (Å²) in [7, 11) is 1.86. The van der Waals surface area contributed by atoms with Crippen LogP contribution in [0, 0.1) is 10.1 Å². The highest BCUT2D eigenvalue weighted by molar-refractivity contribution is 9.11. The third kappa shape index (κ3) is 4.93. The van der Waals surface area contributed by atoms with Crippen LogP contribution in [0.3, 0.4) is 0 Å². The molecule has 2 aliphatic carbocycles. The van der Waals surface area contributed by atoms with Gasteiger partial charge in [-0.15, -0.1) is 0 Å². The van der Waals surface area contributed by atoms with Gasteiger partial charge >= 0.3 is 11.9 Å². The largest absolute Gasteiger partial charge is 0.449 e. The molecule has 1 aliphatic heterocycles. The monoisotopic (exact) mass is 668 g/mol. The average molecular weight is 670 g/mol. The number of allylic oxidation sites excluding steroid dienone is 4. The minimum absolute atomic E-state index is 0.0751. The lowest BCUT2D eigenvalue weighted by Crippen LogP contribution is -2.37. The Morgan fingerprint density at radius 2 is 1.56 bits per heavy atom. The number of ketones is 2. The van der Waals surface area contributed by atoms with Gasteiger partial charge in [0.25, 0.3) is 0 Å². The fourth-order valence-electron chi connectivity index (χ4n) is 5.60. The van der Waals surface area contributed by atoms with Crippen LogP contribution >= 0.6 is 31.9 Å². The lowest BCUT2D eigenvalue weighted by Gasteiger charge is -2.42. The molecule has 0 aromatic heterocycles. The van der Waals surface area contributed by atoms with Crippen molar-refractivity contribution in [1.82, 2.24) is 4.90 Å². The van der Waals surface area contributed by atoms with Gasteiger partial charge in [0.05, 0.1) is 15.0 Å². The third-order valence-corrected chi connectivity index (χ3v) is 8.33. The van der Waals surface area contributed by atoms with Crippen molar-refractivity contribution >= 4 is 49.1 Å². The van der Waals surface area contributed by atoms with Crippen molar-refractivity contribution < 1.29 is 32.4 Å². The zero-order valence-corrected chi connectivity index (χ0v) is 23.7. The summed E-state index contributed by atoms with van der Waals surface area (Å²) >= 11 is 6.89. The van der Waals surface area contributed by atoms with Gasteiger partial charge in [0.2, 0.25) is 5.75 Å². The minimum atomic E-state index is -4.78. The minimum Gasteiger partial charge on any atom is -0.449 e. The van der Waals surface area contributed by atoms with Crippen LogP contribution in [0.15, 0.2) is 61.8 Å². The van der Waals surface area contributed by atoms with E-state index < -0.39 is 34.0 Å². The summed E-state index contributed by atoms with van der Waals surface area (Å²) in [4.78, 5) is 39.5. The number of alkyl halides is 3. The quantitative estimate of drug-likeness (QED) is 0.242. The van der Waals surface area contributed by atoms with Gasteiger partial charge < -0.3 is 9.64 Å². The van der Waals surface area contributed by atoms with E-state index in [1.54, 1.807) is 12.1 Å². The second-order valence-corrected chi connectivity index (χ2v) is 11.4. The number of nitrogens with zero attached hydrogens (tertiary/aromatic N) is 2. The van der Waals surface area contributed by atoms with Crippen LogP contribution in [-0.4, -0.2) is 28.4 Å². The maximum absolute atomic E-state index is 13.4. The van der Waals surface area contributed by atoms with Crippen molar-refractivity contribution in [3.8, 4) is 11.5 Å². The number of carbonyl (C=O) groups is 2. The Bertz CT molecular complexity index is 1450. The zero-order valence-electron chi connectivity index (χ0n) is 20.5. The van der Waals surface area contributed by atoms with Crippen LogP contribution in [0.4, 0.5) is 18.9 Å². The number of nitro groups is 1. The Morgan fingerprint density at radius 3 is 2.10 bits per heavy atom. The molecular formula is C27H21Br2F3N2O5. The van der Waals surface area contributed by atoms with E-state index in [0.717, 1.165) is 17.5 Å². The molecule has 0 radical (unpaired) electrons. The van der Waals surface area contributed by atoms with Gasteiger partial charge in [0, 0.05) is 64.5 Å². The summed E-state index contributed by atoms with van der Waals surface area (Å²) in [6, 6.07) is 5.35. The number of nitro benzene ring substituents is 1. The number of hydrogen-bond donors (Lipinski definition) is 0. The van der Waals surface area contributed by atoms with Crippen LogP contribution in [0.25, 0.3) is 0 Å². The number of Topliss-reactive ketones (excluding diaryl/α,β-unsaturated/α-hetero) is 2. The summed E-state index contributed by atoms with van der Waals surface area (Å²) in [5.41, 5.74) is 0.973. The van der Waals surface area contributed by atoms with Gasteiger partial charge in [0.1, 0.15) is 5.75 Å². The normalized spacial score (nSPS) is 18.4. The molecule has 0 fully saturated rings. The number of carbonyl (C=O) groups excluding carboxylic acids is 2. The molecule has 0 spiro atoms. The second kappa shape index (κ2) is 10.2. The van der Waals surface area contributed by atoms with Gasteiger partial charge in [-0.1, -0.05) is 15.9 Å². The Hall–Kier alpha value is -2.99. The summed E-state index contributed by atoms with van der Waals surface area (Å²) < 4.78 is 46.8. The molecule has 204 valence electrons. The van der Waals surface area contributed by atoms with E-state index in [0.29, 0.717) is 76.3 Å². The maximum Gasteiger partial charge on any atom is 0.416 e. The summed E-state index contributed by atoms with van der Waals surface area (Å²) in [6.07, 6.45) is -1.51. The standard InChI is InChI=1S/C27H21Br2F3N2O5/c1-33-17-4-2-6-20(35)24(17)23(25-18(33)5-3-7-21(25)36)15-11-14(28)12-16(29)26(15)39-22-9-8-13(27(30,31)32)10-19(22)34(37)38/h8-12,23H,2-7H2,1H3. The van der Waals surface area contributed by atoms with Crippen LogP contribution < -0.4 is 4.74 Å². The summed E-state index contributed by atoms with van der Waals surface area (Å²) in [5, 5.41) is 11.7. The van der Waals surface area contributed by atoms with Crippen LogP contribution in [0.1, 0.15) is 55.6 Å². The van der Waals surface area contributed by atoms with Crippen LogP contribution in [-0.2, 0) is 15.8 Å². The first-order valence-corrected chi connectivity index (χ1v) is 13.8. The van der Waals surface area contributed by atoms with Gasteiger partial charge in [-0.2, -0.15) is 13.2 Å². The van der Waals surface area contributed by atoms with Gasteiger partial charge in [-0.25, -0.2) is 0 Å². The van der Waals surface area contributed by atoms with Gasteiger partial charge in [-0.05, 0) is 65.9 Å². The van der Waals surface area contributed by atoms with Crippen molar-refractivity contribution in [2.75, 3.05) is 7.05 Å². The molecule has 1 heterocycles. The molecule has 3 aliphatic rings. The molecule has 0 N–H and O–H groups in total. The SMILES string of the molecule is CN1C2=C(C(=O)CCC2)C(c2cc(Br)cc(Br)c2Oc2ccc(C(F)(F)F)cc2[N+](=O)[O-])C2=C1CCCC2=O. The molecule has 0 amide bonds. The molecule has 0 saturated heterocycles. The molecule has 39 heavy (non-hydrogen) atoms. The predicted molar refractivity (Wildman–Crippen MR) is 142 cm³/mol. The fraction of sp³-hybridized carbons (Fsp3) is 0.333. The molecule has 0 unspecified atom stereocenters. The number of hydrogen-bond acceptors (Lipinski definition) is 6. The van der Waals surface area contributed by atoms with Crippen LogP contribution in [0.2, 0.25) is 0 Å². The van der Waals surface area contributed by atoms with Crippen molar-refractivity contribution in [3.05, 3.63) is 83.1 Å². The molecule has 2 aromatic rings. The second-order valence-electron chi connectivity index (χ2n) is 9.61. The van der Waals surface area contributed by atoms with E-state index >= 15 is 0 Å². The Kier molecular flexibility index (Phi) is 7.21. The topological polar surface area (TPSA) is 89.8 Å². The van der Waals surface area contributed by atoms with Crippen molar-refractivity contribution in [3.63, 3.8) is 0 Å². The Balaban J connectivity index is 1.73. The first kappa shape index (κ1) is 27.6. The highest BCUT2D eigenvalue weighted by Gasteiger charge is 2.44. The molecule has 7 nitrogen and oxygen atoms in total. The summed E-state index contributed by atoms with van der Waals surface area (Å²) in [6.45, 7) is 0. The smallest absolute Gasteiger partial charge is 0.416 e. The Morgan fingerprint density at radius 1 is 0.974 bits per heavy atom. The van der Waals surface area contributed by atoms with E-state index in [9.17, 15) is 32.9 Å². The highest BCUT2D eigenvalue weighted by Crippen LogP contribution is 2.53. The van der Waals surface area contributed by atoms with E-state index in [1.807, 2.05) is 11.9 Å². The number of halogens is 5. The molecule has 2 aromatic carbocycles. The van der Waals surface area contributed by atoms with Gasteiger partial charge in [-0.3, -0.25) is 19.7 Å². The summed E-state index contributed by atoms with van der Waals surface area (Å²) in [5.74, 6) is -1.31. The van der Waals surface area contributed by atoms with E-state index in [4.69, 9.17) is 4.74 Å². The number of rotatable bonds is 4. The molecule has 0 saturated carbocycles. The van der Waals surface area contributed by atoms with Crippen molar-refractivity contribution in [2.24, 2.45) is 0 Å². The predicted octanol–water partition coefficient (Wildman–Crippen LogP) is 7.97. The first-order valence-electron chi connectivity index (χ1n) is 12.2. The van der Waals surface area contributed by atoms with Crippen molar-refractivity contribution in [1.29, 1.82) is 0 Å². The van der Waals surface area contributed by atoms with E-state index in [1.165, 1.54) is 0 Å². The lowest BCUT2D eigenvalue weighted by molar-refractivity contribution is -0.385. The molecule has 12 heteroatoms.